The van der Waals surface area contributed by atoms with Crippen LogP contribution in [0.1, 0.15) is 23.9 Å². The molecule has 2 fully saturated rings. The fraction of sp³-hybridized carbons (Fsp3) is 0.526. The molecule has 25 heavy (non-hydrogen) atoms. The van der Waals surface area contributed by atoms with Crippen molar-refractivity contribution in [2.45, 2.75) is 19.4 Å². The summed E-state index contributed by atoms with van der Waals surface area (Å²) in [7, 11) is 0. The highest BCUT2D eigenvalue weighted by Gasteiger charge is 2.39. The zero-order valence-electron chi connectivity index (χ0n) is 14.4. The van der Waals surface area contributed by atoms with Crippen LogP contribution >= 0.6 is 0 Å². The second kappa shape index (κ2) is 6.77. The van der Waals surface area contributed by atoms with Crippen LogP contribution in [0.2, 0.25) is 0 Å². The fourth-order valence-corrected chi connectivity index (χ4v) is 4.02. The molecule has 4 rings (SSSR count). The average molecular weight is 346 g/mol. The topological polar surface area (TPSA) is 45.9 Å². The molecule has 0 bridgehead atoms. The van der Waals surface area contributed by atoms with E-state index in [0.29, 0.717) is 29.5 Å². The van der Waals surface area contributed by atoms with E-state index < -0.39 is 0 Å². The molecule has 2 atom stereocenters. The minimum atomic E-state index is -0.327. The predicted octanol–water partition coefficient (Wildman–Crippen LogP) is 2.75. The summed E-state index contributed by atoms with van der Waals surface area (Å²) in [6.07, 6.45) is 1.04. The van der Waals surface area contributed by atoms with Crippen LogP contribution in [0.4, 0.5) is 4.39 Å². The quantitative estimate of drug-likeness (QED) is 0.857. The maximum Gasteiger partial charge on any atom is 0.289 e. The van der Waals surface area contributed by atoms with Gasteiger partial charge in [0.05, 0.1) is 13.2 Å². The first-order chi connectivity index (χ1) is 12.2. The number of hydrogen-bond acceptors (Lipinski definition) is 4. The van der Waals surface area contributed by atoms with Gasteiger partial charge in [-0.05, 0) is 30.2 Å². The van der Waals surface area contributed by atoms with Gasteiger partial charge in [0.15, 0.2) is 5.76 Å². The minimum absolute atomic E-state index is 0.106. The van der Waals surface area contributed by atoms with Gasteiger partial charge in [-0.1, -0.05) is 13.3 Å². The summed E-state index contributed by atoms with van der Waals surface area (Å²) in [5.41, 5.74) is 0.542. The summed E-state index contributed by atoms with van der Waals surface area (Å²) in [6, 6.07) is 6.32. The van der Waals surface area contributed by atoms with E-state index >= 15 is 0 Å². The number of likely N-dealkylation sites (tertiary alicyclic amines) is 1. The Labute approximate surface area is 146 Å². The first-order valence-electron chi connectivity index (χ1n) is 8.96. The van der Waals surface area contributed by atoms with Gasteiger partial charge in [-0.15, -0.1) is 0 Å². The van der Waals surface area contributed by atoms with Crippen molar-refractivity contribution in [3.63, 3.8) is 0 Å². The van der Waals surface area contributed by atoms with Gasteiger partial charge in [-0.25, -0.2) is 4.39 Å². The maximum atomic E-state index is 13.3. The number of morpholine rings is 1. The van der Waals surface area contributed by atoms with E-state index in [2.05, 4.69) is 11.8 Å². The lowest BCUT2D eigenvalue weighted by atomic mass is 9.99. The van der Waals surface area contributed by atoms with Crippen LogP contribution in [0.5, 0.6) is 0 Å². The molecule has 1 aromatic carbocycles. The minimum Gasteiger partial charge on any atom is -0.451 e. The van der Waals surface area contributed by atoms with E-state index in [9.17, 15) is 9.18 Å². The average Bonchev–Trinajstić information content (AvgIpc) is 3.25. The van der Waals surface area contributed by atoms with Gasteiger partial charge in [0.2, 0.25) is 0 Å². The third-order valence-corrected chi connectivity index (χ3v) is 5.42. The second-order valence-corrected chi connectivity index (χ2v) is 6.89. The van der Waals surface area contributed by atoms with Gasteiger partial charge in [0, 0.05) is 37.6 Å². The van der Waals surface area contributed by atoms with E-state index in [1.54, 1.807) is 12.1 Å². The number of carbonyl (C=O) groups is 1. The molecule has 3 heterocycles. The lowest BCUT2D eigenvalue weighted by Gasteiger charge is -2.34. The molecule has 0 radical (unpaired) electrons. The summed E-state index contributed by atoms with van der Waals surface area (Å²) in [5, 5.41) is 0.624. The number of benzene rings is 1. The number of carbonyl (C=O) groups excluding carboxylic acids is 1. The molecule has 134 valence electrons. The van der Waals surface area contributed by atoms with E-state index in [4.69, 9.17) is 9.15 Å². The van der Waals surface area contributed by atoms with Crippen molar-refractivity contribution in [1.82, 2.24) is 9.80 Å². The molecule has 2 saturated heterocycles. The van der Waals surface area contributed by atoms with Crippen LogP contribution in [0.3, 0.4) is 0 Å². The Morgan fingerprint density at radius 2 is 2.04 bits per heavy atom. The molecule has 0 aliphatic carbocycles. The fourth-order valence-electron chi connectivity index (χ4n) is 4.02. The van der Waals surface area contributed by atoms with Gasteiger partial charge in [-0.3, -0.25) is 9.69 Å². The summed E-state index contributed by atoms with van der Waals surface area (Å²) in [5.74, 6) is 0.319. The lowest BCUT2D eigenvalue weighted by molar-refractivity contribution is 0.0102. The number of ether oxygens (including phenoxy) is 1. The molecular formula is C19H23FN2O3. The van der Waals surface area contributed by atoms with Crippen LogP contribution in [0, 0.1) is 11.7 Å². The Morgan fingerprint density at radius 1 is 1.24 bits per heavy atom. The molecule has 6 heteroatoms. The molecule has 1 aromatic heterocycles. The van der Waals surface area contributed by atoms with Gasteiger partial charge in [0.25, 0.3) is 5.91 Å². The third kappa shape index (κ3) is 3.16. The zero-order chi connectivity index (χ0) is 17.4. The molecule has 2 aliphatic heterocycles. The van der Waals surface area contributed by atoms with Crippen molar-refractivity contribution in [2.75, 3.05) is 39.4 Å². The largest absolute Gasteiger partial charge is 0.451 e. The number of hydrogen-bond donors (Lipinski definition) is 0. The standard InChI is InChI=1S/C19H23FN2O3/c1-2-13-11-22(12-16(13)21-5-7-24-8-6-21)19(23)18-10-14-9-15(20)3-4-17(14)25-18/h3-4,9-10,13,16H,2,5-8,11-12H2,1H3/t13-,16-/m1/s1. The van der Waals surface area contributed by atoms with Crippen LogP contribution in [0.15, 0.2) is 28.7 Å². The molecule has 0 saturated carbocycles. The molecule has 1 amide bonds. The van der Waals surface area contributed by atoms with E-state index in [-0.39, 0.29) is 17.5 Å². The van der Waals surface area contributed by atoms with E-state index in [1.807, 2.05) is 4.90 Å². The SMILES string of the molecule is CC[C@@H]1CN(C(=O)c2cc3cc(F)ccc3o2)C[C@H]1N1CCOCC1. The van der Waals surface area contributed by atoms with Crippen molar-refractivity contribution in [3.05, 3.63) is 35.8 Å². The number of furan rings is 1. The summed E-state index contributed by atoms with van der Waals surface area (Å²) >= 11 is 0. The van der Waals surface area contributed by atoms with Crippen molar-refractivity contribution < 1.29 is 18.3 Å². The number of nitrogens with zero attached hydrogens (tertiary/aromatic N) is 2. The normalized spacial score (nSPS) is 25.0. The molecule has 2 aromatic rings. The van der Waals surface area contributed by atoms with Gasteiger partial charge < -0.3 is 14.1 Å². The summed E-state index contributed by atoms with van der Waals surface area (Å²) in [6.45, 7) is 6.99. The molecule has 0 N–H and O–H groups in total. The van der Waals surface area contributed by atoms with Gasteiger partial charge in [0.1, 0.15) is 11.4 Å². The first-order valence-corrected chi connectivity index (χ1v) is 8.96. The van der Waals surface area contributed by atoms with Gasteiger partial charge in [-0.2, -0.15) is 0 Å². The van der Waals surface area contributed by atoms with E-state index in [1.165, 1.54) is 12.1 Å². The van der Waals surface area contributed by atoms with Crippen molar-refractivity contribution in [2.24, 2.45) is 5.92 Å². The van der Waals surface area contributed by atoms with Crippen molar-refractivity contribution >= 4 is 16.9 Å². The molecular weight excluding hydrogens is 323 g/mol. The van der Waals surface area contributed by atoms with Crippen molar-refractivity contribution in [1.29, 1.82) is 0 Å². The number of fused-ring (bicyclic) bond motifs is 1. The molecule has 0 spiro atoms. The Morgan fingerprint density at radius 3 is 2.80 bits per heavy atom. The third-order valence-electron chi connectivity index (χ3n) is 5.42. The zero-order valence-corrected chi connectivity index (χ0v) is 14.4. The Bertz CT molecular complexity index is 769. The van der Waals surface area contributed by atoms with Gasteiger partial charge >= 0.3 is 0 Å². The summed E-state index contributed by atoms with van der Waals surface area (Å²) < 4.78 is 24.5. The molecule has 0 unspecified atom stereocenters. The summed E-state index contributed by atoms with van der Waals surface area (Å²) in [4.78, 5) is 17.2. The van der Waals surface area contributed by atoms with Crippen LogP contribution in [0.25, 0.3) is 11.0 Å². The van der Waals surface area contributed by atoms with Crippen LogP contribution in [-0.4, -0.2) is 61.1 Å². The number of halogens is 1. The van der Waals surface area contributed by atoms with Crippen molar-refractivity contribution in [3.8, 4) is 0 Å². The van der Waals surface area contributed by atoms with Crippen LogP contribution < -0.4 is 0 Å². The highest BCUT2D eigenvalue weighted by atomic mass is 19.1. The first kappa shape index (κ1) is 16.5. The number of rotatable bonds is 3. The monoisotopic (exact) mass is 346 g/mol. The second-order valence-electron chi connectivity index (χ2n) is 6.89. The molecule has 2 aliphatic rings. The highest BCUT2D eigenvalue weighted by molar-refractivity contribution is 5.96. The Balaban J connectivity index is 1.53. The predicted molar refractivity (Wildman–Crippen MR) is 92.0 cm³/mol. The van der Waals surface area contributed by atoms with Crippen LogP contribution in [-0.2, 0) is 4.74 Å². The number of amides is 1. The maximum absolute atomic E-state index is 13.3. The van der Waals surface area contributed by atoms with E-state index in [0.717, 1.165) is 39.3 Å². The highest BCUT2D eigenvalue weighted by Crippen LogP contribution is 2.28. The lowest BCUT2D eigenvalue weighted by Crippen LogP contribution is -2.47. The Hall–Kier alpha value is -1.92. The smallest absolute Gasteiger partial charge is 0.289 e. The Kier molecular flexibility index (Phi) is 4.48. The molecule has 5 nitrogen and oxygen atoms in total.